The third kappa shape index (κ3) is 5.17. The predicted molar refractivity (Wildman–Crippen MR) is 278 cm³/mol. The molecule has 0 saturated heterocycles. The zero-order chi connectivity index (χ0) is 44.4. The van der Waals surface area contributed by atoms with Gasteiger partial charge in [-0.2, -0.15) is 0 Å². The Labute approximate surface area is 388 Å². The lowest BCUT2D eigenvalue weighted by Crippen LogP contribution is -2.41. The van der Waals surface area contributed by atoms with Crippen LogP contribution in [0.15, 0.2) is 235 Å². The lowest BCUT2D eigenvalue weighted by molar-refractivity contribution is 0.577. The monoisotopic (exact) mass is 856 g/mol. The Balaban J connectivity index is 1.11. The highest BCUT2D eigenvalue weighted by molar-refractivity contribution is 6.16. The van der Waals surface area contributed by atoms with Crippen LogP contribution in [0, 0.1) is 0 Å². The molecule has 13 aromatic rings. The van der Waals surface area contributed by atoms with E-state index in [1.807, 2.05) is 6.07 Å². The van der Waals surface area contributed by atoms with E-state index in [1.165, 1.54) is 88.1 Å². The van der Waals surface area contributed by atoms with Crippen molar-refractivity contribution in [3.63, 3.8) is 0 Å². The van der Waals surface area contributed by atoms with Crippen LogP contribution in [-0.4, -0.2) is 9.13 Å². The van der Waals surface area contributed by atoms with Gasteiger partial charge in [-0.05, 0) is 119 Å². The van der Waals surface area contributed by atoms with Crippen molar-refractivity contribution < 1.29 is 4.42 Å². The average molecular weight is 857 g/mol. The maximum Gasteiger partial charge on any atom is 0.135 e. The number of fused-ring (bicyclic) bond motifs is 13. The first-order valence-corrected chi connectivity index (χ1v) is 23.3. The molecule has 316 valence electrons. The van der Waals surface area contributed by atoms with Gasteiger partial charge >= 0.3 is 0 Å². The zero-order valence-electron chi connectivity index (χ0n) is 37.2. The standard InChI is InChI=1S/C64H44N2O/c1-63(43-20-8-4-9-21-43)52-36-38-56-60(49-26-13-16-28-54(49)66(56)46-34-39-58-50(40-46)47-24-14-17-29-57(47)67-58)62(52)64(2,44-22-10-5-11-23-44)51-35-37-55-59(61(51)63)48-25-12-15-27-53(48)65(55)45-32-30-42(31-33-45)41-18-6-3-7-19-41/h3-40H,1-2H3. The van der Waals surface area contributed by atoms with E-state index in [1.54, 1.807) is 0 Å². The summed E-state index contributed by atoms with van der Waals surface area (Å²) >= 11 is 0. The highest BCUT2D eigenvalue weighted by Crippen LogP contribution is 2.60. The number of para-hydroxylation sites is 3. The molecule has 0 spiro atoms. The van der Waals surface area contributed by atoms with Crippen LogP contribution in [0.2, 0.25) is 0 Å². The molecule has 0 fully saturated rings. The molecule has 14 rings (SSSR count). The average Bonchev–Trinajstić information content (AvgIpc) is 4.06. The highest BCUT2D eigenvalue weighted by Gasteiger charge is 2.50. The Morgan fingerprint density at radius 2 is 0.761 bits per heavy atom. The molecule has 0 aliphatic heterocycles. The minimum Gasteiger partial charge on any atom is -0.456 e. The molecule has 0 amide bonds. The van der Waals surface area contributed by atoms with Gasteiger partial charge in [0.15, 0.2) is 0 Å². The molecule has 3 heterocycles. The Hall–Kier alpha value is -8.40. The van der Waals surface area contributed by atoms with Crippen molar-refractivity contribution in [2.24, 2.45) is 0 Å². The van der Waals surface area contributed by atoms with E-state index in [9.17, 15) is 0 Å². The van der Waals surface area contributed by atoms with Crippen LogP contribution in [0.1, 0.15) is 47.2 Å². The molecule has 0 radical (unpaired) electrons. The second-order valence-electron chi connectivity index (χ2n) is 18.6. The number of benzene rings is 10. The Bertz CT molecular complexity index is 4100. The van der Waals surface area contributed by atoms with E-state index in [-0.39, 0.29) is 0 Å². The summed E-state index contributed by atoms with van der Waals surface area (Å²) in [5, 5.41) is 7.31. The van der Waals surface area contributed by atoms with E-state index < -0.39 is 10.8 Å². The van der Waals surface area contributed by atoms with Crippen molar-refractivity contribution in [3.05, 3.63) is 264 Å². The molecule has 10 aromatic carbocycles. The molecule has 3 aromatic heterocycles. The van der Waals surface area contributed by atoms with Gasteiger partial charge in [-0.1, -0.05) is 170 Å². The zero-order valence-corrected chi connectivity index (χ0v) is 37.2. The van der Waals surface area contributed by atoms with Gasteiger partial charge in [0.2, 0.25) is 0 Å². The molecule has 2 unspecified atom stereocenters. The van der Waals surface area contributed by atoms with E-state index in [0.29, 0.717) is 0 Å². The van der Waals surface area contributed by atoms with Gasteiger partial charge in [-0.3, -0.25) is 0 Å². The largest absolute Gasteiger partial charge is 0.456 e. The third-order valence-electron chi connectivity index (χ3n) is 15.3. The van der Waals surface area contributed by atoms with Crippen LogP contribution in [-0.2, 0) is 10.8 Å². The number of rotatable bonds is 5. The highest BCUT2D eigenvalue weighted by atomic mass is 16.3. The van der Waals surface area contributed by atoms with Crippen molar-refractivity contribution in [3.8, 4) is 22.5 Å². The summed E-state index contributed by atoms with van der Waals surface area (Å²) in [6.45, 7) is 4.99. The Morgan fingerprint density at radius 1 is 0.328 bits per heavy atom. The van der Waals surface area contributed by atoms with Crippen LogP contribution in [0.4, 0.5) is 0 Å². The summed E-state index contributed by atoms with van der Waals surface area (Å²) in [6.07, 6.45) is 0. The van der Waals surface area contributed by atoms with Crippen LogP contribution < -0.4 is 0 Å². The van der Waals surface area contributed by atoms with Crippen molar-refractivity contribution in [2.45, 2.75) is 24.7 Å². The van der Waals surface area contributed by atoms with Crippen molar-refractivity contribution in [1.82, 2.24) is 9.13 Å². The summed E-state index contributed by atoms with van der Waals surface area (Å²) in [4.78, 5) is 0. The summed E-state index contributed by atoms with van der Waals surface area (Å²) in [5.74, 6) is 0. The maximum absolute atomic E-state index is 6.34. The molecule has 1 aliphatic carbocycles. The lowest BCUT2D eigenvalue weighted by atomic mass is 9.54. The quantitative estimate of drug-likeness (QED) is 0.169. The van der Waals surface area contributed by atoms with E-state index >= 15 is 0 Å². The lowest BCUT2D eigenvalue weighted by Gasteiger charge is -2.48. The number of aromatic nitrogens is 2. The molecule has 1 aliphatic rings. The predicted octanol–water partition coefficient (Wildman–Crippen LogP) is 16.5. The molecule has 3 nitrogen and oxygen atoms in total. The number of nitrogens with zero attached hydrogens (tertiary/aromatic N) is 2. The van der Waals surface area contributed by atoms with Gasteiger partial charge < -0.3 is 13.6 Å². The fourth-order valence-corrected chi connectivity index (χ4v) is 12.2. The summed E-state index contributed by atoms with van der Waals surface area (Å²) in [5.41, 5.74) is 18.0. The van der Waals surface area contributed by atoms with Gasteiger partial charge in [0.25, 0.3) is 0 Å². The van der Waals surface area contributed by atoms with Gasteiger partial charge in [-0.15, -0.1) is 0 Å². The topological polar surface area (TPSA) is 23.0 Å². The second kappa shape index (κ2) is 14.1. The minimum atomic E-state index is -0.561. The van der Waals surface area contributed by atoms with Crippen LogP contribution in [0.3, 0.4) is 0 Å². The van der Waals surface area contributed by atoms with Gasteiger partial charge in [0.1, 0.15) is 11.2 Å². The fourth-order valence-electron chi connectivity index (χ4n) is 12.2. The van der Waals surface area contributed by atoms with Crippen LogP contribution in [0.5, 0.6) is 0 Å². The van der Waals surface area contributed by atoms with Crippen molar-refractivity contribution in [1.29, 1.82) is 0 Å². The number of hydrogen-bond acceptors (Lipinski definition) is 1. The molecular weight excluding hydrogens is 813 g/mol. The van der Waals surface area contributed by atoms with E-state index in [4.69, 9.17) is 4.42 Å². The summed E-state index contributed by atoms with van der Waals surface area (Å²) in [6, 6.07) is 85.1. The molecular formula is C64H44N2O. The first kappa shape index (κ1) is 37.9. The van der Waals surface area contributed by atoms with Crippen molar-refractivity contribution in [2.75, 3.05) is 0 Å². The molecule has 0 saturated carbocycles. The summed E-state index contributed by atoms with van der Waals surface area (Å²) < 4.78 is 11.3. The third-order valence-corrected chi connectivity index (χ3v) is 15.3. The SMILES string of the molecule is CC1(c2ccccc2)c2ccc3c(c2C(C)(c2ccccc2)c2ccc4c(c21)c1ccccc1n4-c1ccc(-c2ccccc2)cc1)c1ccccc1n3-c1ccc2oc3ccccc3c2c1. The van der Waals surface area contributed by atoms with E-state index in [2.05, 4.69) is 247 Å². The normalized spacial score (nSPS) is 16.9. The smallest absolute Gasteiger partial charge is 0.135 e. The van der Waals surface area contributed by atoms with Crippen LogP contribution >= 0.6 is 0 Å². The fraction of sp³-hybridized carbons (Fsp3) is 0.0625. The van der Waals surface area contributed by atoms with Gasteiger partial charge in [-0.25, -0.2) is 0 Å². The first-order valence-electron chi connectivity index (χ1n) is 23.3. The van der Waals surface area contributed by atoms with Crippen LogP contribution in [0.25, 0.3) is 88.1 Å². The van der Waals surface area contributed by atoms with Gasteiger partial charge in [0.05, 0.1) is 22.1 Å². The summed E-state index contributed by atoms with van der Waals surface area (Å²) in [7, 11) is 0. The van der Waals surface area contributed by atoms with E-state index in [0.717, 1.165) is 33.3 Å². The maximum atomic E-state index is 6.34. The second-order valence-corrected chi connectivity index (χ2v) is 18.6. The van der Waals surface area contributed by atoms with Crippen molar-refractivity contribution >= 4 is 65.6 Å². The molecule has 67 heavy (non-hydrogen) atoms. The molecule has 0 N–H and O–H groups in total. The Morgan fingerprint density at radius 3 is 1.33 bits per heavy atom. The number of furan rings is 1. The minimum absolute atomic E-state index is 0.558. The van der Waals surface area contributed by atoms with Gasteiger partial charge in [0, 0.05) is 54.5 Å². The number of hydrogen-bond donors (Lipinski definition) is 0. The molecule has 0 bridgehead atoms. The Kier molecular flexibility index (Phi) is 7.95. The first-order chi connectivity index (χ1) is 33.0. The molecule has 3 heteroatoms. The molecule has 2 atom stereocenters.